The van der Waals surface area contributed by atoms with Gasteiger partial charge in [0.25, 0.3) is 0 Å². The average molecular weight is 333 g/mol. The summed E-state index contributed by atoms with van der Waals surface area (Å²) >= 11 is 5.90. The van der Waals surface area contributed by atoms with Crippen molar-refractivity contribution < 1.29 is 13.2 Å². The normalized spacial score (nSPS) is 22.4. The molecule has 2 aliphatic heterocycles. The number of likely N-dealkylation sites (tertiary alicyclic amines) is 1. The van der Waals surface area contributed by atoms with Crippen molar-refractivity contribution in [3.63, 3.8) is 0 Å². The number of benzene rings is 1. The third kappa shape index (κ3) is 3.42. The summed E-state index contributed by atoms with van der Waals surface area (Å²) in [6.45, 7) is 4.10. The summed E-state index contributed by atoms with van der Waals surface area (Å²) in [5, 5.41) is 3.71. The molecular weight excluding hydrogens is 313 g/mol. The summed E-state index contributed by atoms with van der Waals surface area (Å²) in [5.74, 6) is 0. The van der Waals surface area contributed by atoms with Gasteiger partial charge < -0.3 is 5.32 Å². The highest BCUT2D eigenvalue weighted by Gasteiger charge is 2.40. The quantitative estimate of drug-likeness (QED) is 0.882. The van der Waals surface area contributed by atoms with E-state index in [1.165, 1.54) is 12.1 Å². The molecule has 0 aliphatic carbocycles. The Morgan fingerprint density at radius 3 is 2.59 bits per heavy atom. The first-order valence-corrected chi connectivity index (χ1v) is 8.05. The maximum atomic E-state index is 13.1. The Morgan fingerprint density at radius 1 is 1.18 bits per heavy atom. The summed E-state index contributed by atoms with van der Waals surface area (Å²) < 4.78 is 39.4. The van der Waals surface area contributed by atoms with Crippen molar-refractivity contribution in [1.82, 2.24) is 10.2 Å². The van der Waals surface area contributed by atoms with Gasteiger partial charge in [0.1, 0.15) is 0 Å². The van der Waals surface area contributed by atoms with Crippen molar-refractivity contribution in [1.29, 1.82) is 0 Å². The summed E-state index contributed by atoms with van der Waals surface area (Å²) in [7, 11) is 0. The molecule has 1 aromatic carbocycles. The molecule has 0 bridgehead atoms. The summed E-state index contributed by atoms with van der Waals surface area (Å²) in [6.07, 6.45) is -1.01. The number of piperidine rings is 1. The van der Waals surface area contributed by atoms with E-state index in [9.17, 15) is 13.2 Å². The van der Waals surface area contributed by atoms with Gasteiger partial charge in [-0.3, -0.25) is 4.90 Å². The molecule has 2 aliphatic rings. The maximum absolute atomic E-state index is 13.1. The van der Waals surface area contributed by atoms with Gasteiger partial charge in [0.15, 0.2) is 0 Å². The van der Waals surface area contributed by atoms with E-state index in [-0.39, 0.29) is 5.56 Å². The van der Waals surface area contributed by atoms with Crippen LogP contribution in [0.15, 0.2) is 18.2 Å². The molecule has 0 amide bonds. The monoisotopic (exact) mass is 332 g/mol. The Bertz CT molecular complexity index is 539. The molecule has 2 fully saturated rings. The Labute approximate surface area is 133 Å². The van der Waals surface area contributed by atoms with E-state index < -0.39 is 11.7 Å². The number of rotatable bonds is 2. The minimum atomic E-state index is -4.33. The smallest absolute Gasteiger partial charge is 0.317 e. The van der Waals surface area contributed by atoms with E-state index in [1.807, 2.05) is 0 Å². The van der Waals surface area contributed by atoms with Crippen LogP contribution >= 0.6 is 11.6 Å². The minimum Gasteiger partial charge on any atom is -0.317 e. The maximum Gasteiger partial charge on any atom is 0.416 e. The average Bonchev–Trinajstić information content (AvgIpc) is 2.81. The first-order valence-electron chi connectivity index (χ1n) is 7.67. The largest absolute Gasteiger partial charge is 0.416 e. The fraction of sp³-hybridized carbons (Fsp3) is 0.625. The highest BCUT2D eigenvalue weighted by Crippen LogP contribution is 2.40. The van der Waals surface area contributed by atoms with Gasteiger partial charge in [0, 0.05) is 18.1 Å². The molecule has 2 heterocycles. The number of hydrogen-bond donors (Lipinski definition) is 1. The van der Waals surface area contributed by atoms with E-state index in [1.54, 1.807) is 0 Å². The predicted octanol–water partition coefficient (Wildman–Crippen LogP) is 3.93. The molecule has 2 nitrogen and oxygen atoms in total. The predicted molar refractivity (Wildman–Crippen MR) is 80.9 cm³/mol. The van der Waals surface area contributed by atoms with Crippen molar-refractivity contribution in [2.75, 3.05) is 26.2 Å². The van der Waals surface area contributed by atoms with Gasteiger partial charge in [0.05, 0.1) is 5.56 Å². The lowest BCUT2D eigenvalue weighted by Crippen LogP contribution is -2.38. The van der Waals surface area contributed by atoms with Crippen molar-refractivity contribution in [2.24, 2.45) is 5.41 Å². The molecule has 0 saturated carbocycles. The summed E-state index contributed by atoms with van der Waals surface area (Å²) in [4.78, 5) is 2.15. The summed E-state index contributed by atoms with van der Waals surface area (Å²) in [5.41, 5.74) is 0.0107. The van der Waals surface area contributed by atoms with E-state index in [0.717, 1.165) is 51.5 Å². The van der Waals surface area contributed by atoms with E-state index >= 15 is 0 Å². The van der Waals surface area contributed by atoms with Gasteiger partial charge in [-0.05, 0) is 68.1 Å². The van der Waals surface area contributed by atoms with Gasteiger partial charge in [-0.2, -0.15) is 13.2 Å². The molecule has 6 heteroatoms. The zero-order valence-corrected chi connectivity index (χ0v) is 13.1. The van der Waals surface area contributed by atoms with E-state index in [2.05, 4.69) is 10.2 Å². The van der Waals surface area contributed by atoms with Gasteiger partial charge in [-0.25, -0.2) is 0 Å². The van der Waals surface area contributed by atoms with Crippen LogP contribution in [0.25, 0.3) is 0 Å². The van der Waals surface area contributed by atoms with Gasteiger partial charge in [-0.1, -0.05) is 11.6 Å². The first-order chi connectivity index (χ1) is 10.4. The van der Waals surface area contributed by atoms with Crippen LogP contribution in [0.1, 0.15) is 30.4 Å². The molecule has 1 spiro atoms. The Morgan fingerprint density at radius 2 is 1.91 bits per heavy atom. The molecule has 1 aromatic rings. The SMILES string of the molecule is FC(F)(F)c1ccc(Cl)cc1CN1CCC2(CCNCC2)C1. The van der Waals surface area contributed by atoms with Gasteiger partial charge >= 0.3 is 6.18 Å². The Balaban J connectivity index is 1.75. The fourth-order valence-electron chi connectivity index (χ4n) is 3.74. The molecular formula is C16H20ClF3N2. The van der Waals surface area contributed by atoms with Gasteiger partial charge in [-0.15, -0.1) is 0 Å². The van der Waals surface area contributed by atoms with E-state index in [0.29, 0.717) is 17.0 Å². The number of nitrogens with one attached hydrogen (secondary N) is 1. The molecule has 122 valence electrons. The molecule has 0 aromatic heterocycles. The first kappa shape index (κ1) is 16.1. The van der Waals surface area contributed by atoms with Crippen LogP contribution < -0.4 is 5.32 Å². The molecule has 1 N–H and O–H groups in total. The van der Waals surface area contributed by atoms with Crippen LogP contribution in [-0.2, 0) is 12.7 Å². The van der Waals surface area contributed by atoms with Crippen molar-refractivity contribution in [3.8, 4) is 0 Å². The zero-order chi connectivity index (χ0) is 15.8. The van der Waals surface area contributed by atoms with Gasteiger partial charge in [0.2, 0.25) is 0 Å². The number of halogens is 4. The number of hydrogen-bond acceptors (Lipinski definition) is 2. The third-order valence-corrected chi connectivity index (χ3v) is 5.18. The van der Waals surface area contributed by atoms with Crippen LogP contribution in [0.5, 0.6) is 0 Å². The molecule has 0 unspecified atom stereocenters. The lowest BCUT2D eigenvalue weighted by Gasteiger charge is -2.34. The van der Waals surface area contributed by atoms with Crippen molar-refractivity contribution in [2.45, 2.75) is 32.0 Å². The second kappa shape index (κ2) is 6.02. The van der Waals surface area contributed by atoms with Crippen LogP contribution in [-0.4, -0.2) is 31.1 Å². The third-order valence-electron chi connectivity index (χ3n) is 4.95. The molecule has 0 atom stereocenters. The topological polar surface area (TPSA) is 15.3 Å². The van der Waals surface area contributed by atoms with Crippen LogP contribution in [0.3, 0.4) is 0 Å². The molecule has 22 heavy (non-hydrogen) atoms. The zero-order valence-electron chi connectivity index (χ0n) is 12.3. The molecule has 2 saturated heterocycles. The lowest BCUT2D eigenvalue weighted by atomic mass is 9.78. The van der Waals surface area contributed by atoms with Crippen LogP contribution in [0.4, 0.5) is 13.2 Å². The highest BCUT2D eigenvalue weighted by molar-refractivity contribution is 6.30. The van der Waals surface area contributed by atoms with Crippen LogP contribution in [0, 0.1) is 5.41 Å². The lowest BCUT2D eigenvalue weighted by molar-refractivity contribution is -0.138. The van der Waals surface area contributed by atoms with Crippen molar-refractivity contribution in [3.05, 3.63) is 34.3 Å². The fourth-order valence-corrected chi connectivity index (χ4v) is 3.93. The number of alkyl halides is 3. The summed E-state index contributed by atoms with van der Waals surface area (Å²) in [6, 6.07) is 3.86. The van der Waals surface area contributed by atoms with Crippen molar-refractivity contribution >= 4 is 11.6 Å². The Kier molecular flexibility index (Phi) is 4.40. The Hall–Kier alpha value is -0.780. The van der Waals surface area contributed by atoms with E-state index in [4.69, 9.17) is 11.6 Å². The van der Waals surface area contributed by atoms with Crippen LogP contribution in [0.2, 0.25) is 5.02 Å². The molecule has 3 rings (SSSR count). The second-order valence-corrected chi connectivity index (χ2v) is 6.95. The molecule has 0 radical (unpaired) electrons. The standard InChI is InChI=1S/C16H20ClF3N2/c17-13-1-2-14(16(18,19)20)12(9-13)10-22-8-5-15(11-22)3-6-21-7-4-15/h1-2,9,21H,3-8,10-11H2. The second-order valence-electron chi connectivity index (χ2n) is 6.51. The number of nitrogens with zero attached hydrogens (tertiary/aromatic N) is 1. The highest BCUT2D eigenvalue weighted by atomic mass is 35.5. The minimum absolute atomic E-state index is 0.283.